The Morgan fingerprint density at radius 3 is 2.90 bits per heavy atom. The van der Waals surface area contributed by atoms with Crippen molar-refractivity contribution in [3.05, 3.63) is 23.0 Å². The zero-order chi connectivity index (χ0) is 27.5. The molecule has 3 aromatic heterocycles. The van der Waals surface area contributed by atoms with Gasteiger partial charge in [0.25, 0.3) is 5.56 Å². The highest BCUT2D eigenvalue weighted by Crippen LogP contribution is 2.32. The van der Waals surface area contributed by atoms with Crippen LogP contribution in [0.25, 0.3) is 11.2 Å². The van der Waals surface area contributed by atoms with Gasteiger partial charge in [-0.15, -0.1) is 0 Å². The summed E-state index contributed by atoms with van der Waals surface area (Å²) < 4.78 is 25.4. The maximum atomic E-state index is 12.1. The number of rotatable bonds is 11. The van der Waals surface area contributed by atoms with Gasteiger partial charge in [-0.2, -0.15) is 4.98 Å². The highest BCUT2D eigenvalue weighted by atomic mass is 16.6. The van der Waals surface area contributed by atoms with Gasteiger partial charge in [0.2, 0.25) is 5.95 Å². The molecule has 0 radical (unpaired) electrons. The van der Waals surface area contributed by atoms with Crippen molar-refractivity contribution in [2.75, 3.05) is 49.5 Å². The number of methoxy groups -OCH3 is 1. The number of hydrogen-bond acceptors (Lipinski definition) is 14. The van der Waals surface area contributed by atoms with Gasteiger partial charge in [-0.1, -0.05) is 0 Å². The van der Waals surface area contributed by atoms with Gasteiger partial charge < -0.3 is 46.2 Å². The number of nitrogens with one attached hydrogen (secondary N) is 3. The maximum Gasteiger partial charge on any atom is 0.277 e. The van der Waals surface area contributed by atoms with E-state index in [4.69, 9.17) is 30.4 Å². The van der Waals surface area contributed by atoms with E-state index in [9.17, 15) is 9.90 Å². The first-order valence-corrected chi connectivity index (χ1v) is 12.8. The Hall–Kier alpha value is -3.57. The summed E-state index contributed by atoms with van der Waals surface area (Å²) in [4.78, 5) is 31.2. The summed E-state index contributed by atoms with van der Waals surface area (Å²) in [6, 6.07) is 0. The van der Waals surface area contributed by atoms with Crippen LogP contribution < -0.4 is 27.7 Å². The molecule has 5 heterocycles. The number of nitrogens with two attached hydrogens (primary N) is 2. The van der Waals surface area contributed by atoms with Crippen LogP contribution in [0.5, 0.6) is 0 Å². The van der Waals surface area contributed by atoms with Crippen LogP contribution in [0.2, 0.25) is 0 Å². The molecule has 16 nitrogen and oxygen atoms in total. The Morgan fingerprint density at radius 1 is 1.26 bits per heavy atom. The molecule has 8 N–H and O–H groups in total. The van der Waals surface area contributed by atoms with Crippen molar-refractivity contribution in [1.29, 1.82) is 0 Å². The first-order valence-electron chi connectivity index (χ1n) is 12.8. The van der Waals surface area contributed by atoms with Crippen molar-refractivity contribution in [2.45, 2.75) is 62.6 Å². The molecule has 0 aliphatic carbocycles. The van der Waals surface area contributed by atoms with Crippen LogP contribution in [0, 0.1) is 0 Å². The number of nitrogen functional groups attached to an aromatic ring is 2. The standard InChI is InChI=1S/C23H34N10O6/c1-26-15-19(31-23(25)32-21(15)35)30-22-16(34)17(36-2)12(39-22)4-3-7-37-8-11-5-6-13(38-11)33-10-29-14-18(24)27-9-28-20(14)33/h9-13,16-17,22,26,34H,3-8H2,1-2H3,(H2,24,27,28)(H4,25,30,31,32,35). The number of aromatic amines is 1. The van der Waals surface area contributed by atoms with Crippen molar-refractivity contribution < 1.29 is 24.1 Å². The molecule has 0 bridgehead atoms. The van der Waals surface area contributed by atoms with Gasteiger partial charge in [0, 0.05) is 20.8 Å². The summed E-state index contributed by atoms with van der Waals surface area (Å²) in [5, 5.41) is 16.5. The molecule has 2 aliphatic heterocycles. The Balaban J connectivity index is 1.08. The largest absolute Gasteiger partial charge is 0.386 e. The number of imidazole rings is 1. The lowest BCUT2D eigenvalue weighted by molar-refractivity contribution is -0.0446. The molecule has 5 rings (SSSR count). The third-order valence-corrected chi connectivity index (χ3v) is 6.94. The minimum atomic E-state index is -0.989. The normalized spacial score (nSPS) is 26.8. The van der Waals surface area contributed by atoms with Gasteiger partial charge in [0.1, 0.15) is 36.0 Å². The lowest BCUT2D eigenvalue weighted by Gasteiger charge is -2.19. The van der Waals surface area contributed by atoms with Crippen LogP contribution in [-0.2, 0) is 18.9 Å². The number of nitrogens with zero attached hydrogens (tertiary/aromatic N) is 5. The van der Waals surface area contributed by atoms with Gasteiger partial charge in [0.15, 0.2) is 23.5 Å². The van der Waals surface area contributed by atoms with Crippen LogP contribution in [0.15, 0.2) is 17.4 Å². The molecule has 2 saturated heterocycles. The third kappa shape index (κ3) is 5.60. The zero-order valence-electron chi connectivity index (χ0n) is 21.7. The summed E-state index contributed by atoms with van der Waals surface area (Å²) >= 11 is 0. The molecule has 0 aromatic carbocycles. The Kier molecular flexibility index (Phi) is 8.08. The predicted molar refractivity (Wildman–Crippen MR) is 141 cm³/mol. The molecule has 6 atom stereocenters. The van der Waals surface area contributed by atoms with E-state index in [1.54, 1.807) is 13.4 Å². The minimum absolute atomic E-state index is 0.0492. The molecule has 2 fully saturated rings. The second-order valence-electron chi connectivity index (χ2n) is 9.45. The van der Waals surface area contributed by atoms with E-state index >= 15 is 0 Å². The minimum Gasteiger partial charge on any atom is -0.386 e. The van der Waals surface area contributed by atoms with E-state index in [1.165, 1.54) is 13.4 Å². The predicted octanol–water partition coefficient (Wildman–Crippen LogP) is -0.197. The van der Waals surface area contributed by atoms with E-state index in [1.807, 2.05) is 4.57 Å². The average molecular weight is 547 g/mol. The van der Waals surface area contributed by atoms with Crippen LogP contribution >= 0.6 is 0 Å². The monoisotopic (exact) mass is 546 g/mol. The van der Waals surface area contributed by atoms with Crippen molar-refractivity contribution in [1.82, 2.24) is 29.5 Å². The van der Waals surface area contributed by atoms with Gasteiger partial charge in [0.05, 0.1) is 25.1 Å². The number of anilines is 4. The topological polar surface area (TPSA) is 223 Å². The number of fused-ring (bicyclic) bond motifs is 1. The van der Waals surface area contributed by atoms with Crippen molar-refractivity contribution in [2.24, 2.45) is 0 Å². The van der Waals surface area contributed by atoms with Gasteiger partial charge in [-0.25, -0.2) is 15.0 Å². The fraction of sp³-hybridized carbons (Fsp3) is 0.609. The molecule has 0 spiro atoms. The third-order valence-electron chi connectivity index (χ3n) is 6.94. The summed E-state index contributed by atoms with van der Waals surface area (Å²) in [5.41, 5.74) is 12.5. The summed E-state index contributed by atoms with van der Waals surface area (Å²) in [6.45, 7) is 0.942. The highest BCUT2D eigenvalue weighted by molar-refractivity contribution is 5.81. The number of H-pyrrole nitrogens is 1. The van der Waals surface area contributed by atoms with Crippen LogP contribution in [0.4, 0.5) is 23.3 Å². The molecule has 0 amide bonds. The lowest BCUT2D eigenvalue weighted by atomic mass is 10.1. The molecule has 3 aromatic rings. The lowest BCUT2D eigenvalue weighted by Crippen LogP contribution is -2.38. The summed E-state index contributed by atoms with van der Waals surface area (Å²) in [5.74, 6) is 0.462. The molecule has 6 unspecified atom stereocenters. The van der Waals surface area contributed by atoms with Crippen LogP contribution in [0.1, 0.15) is 31.9 Å². The van der Waals surface area contributed by atoms with Crippen LogP contribution in [0.3, 0.4) is 0 Å². The Labute approximate surface area is 223 Å². The number of aromatic nitrogens is 6. The van der Waals surface area contributed by atoms with E-state index in [2.05, 4.69) is 35.6 Å². The fourth-order valence-corrected chi connectivity index (χ4v) is 5.04. The number of aliphatic hydroxyl groups excluding tert-OH is 1. The van der Waals surface area contributed by atoms with Crippen LogP contribution in [-0.4, -0.2) is 92.6 Å². The smallest absolute Gasteiger partial charge is 0.277 e. The van der Waals surface area contributed by atoms with Gasteiger partial charge in [-0.05, 0) is 25.7 Å². The number of ether oxygens (including phenoxy) is 4. The number of hydrogen-bond donors (Lipinski definition) is 6. The molecular formula is C23H34N10O6. The Morgan fingerprint density at radius 2 is 2.10 bits per heavy atom. The van der Waals surface area contributed by atoms with E-state index in [-0.39, 0.29) is 35.9 Å². The van der Waals surface area contributed by atoms with E-state index in [0.29, 0.717) is 43.0 Å². The van der Waals surface area contributed by atoms with Crippen molar-refractivity contribution in [3.63, 3.8) is 0 Å². The highest BCUT2D eigenvalue weighted by Gasteiger charge is 2.44. The fourth-order valence-electron chi connectivity index (χ4n) is 5.04. The second-order valence-corrected chi connectivity index (χ2v) is 9.45. The van der Waals surface area contributed by atoms with E-state index in [0.717, 1.165) is 12.8 Å². The summed E-state index contributed by atoms with van der Waals surface area (Å²) in [6.07, 6.45) is 2.99. The van der Waals surface area contributed by atoms with Gasteiger partial charge >= 0.3 is 0 Å². The molecular weight excluding hydrogens is 512 g/mol. The molecule has 16 heteroatoms. The van der Waals surface area contributed by atoms with E-state index < -0.39 is 24.0 Å². The van der Waals surface area contributed by atoms with Crippen molar-refractivity contribution >= 4 is 34.4 Å². The quantitative estimate of drug-likeness (QED) is 0.171. The molecule has 39 heavy (non-hydrogen) atoms. The molecule has 212 valence electrons. The van der Waals surface area contributed by atoms with Crippen molar-refractivity contribution in [3.8, 4) is 0 Å². The first-order chi connectivity index (χ1) is 18.9. The first kappa shape index (κ1) is 27.0. The summed E-state index contributed by atoms with van der Waals surface area (Å²) in [7, 11) is 3.10. The Bertz CT molecular complexity index is 1330. The molecule has 0 saturated carbocycles. The number of aliphatic hydroxyl groups is 1. The zero-order valence-corrected chi connectivity index (χ0v) is 21.7. The van der Waals surface area contributed by atoms with Gasteiger partial charge in [-0.3, -0.25) is 14.3 Å². The average Bonchev–Trinajstić information content (AvgIpc) is 3.62. The maximum absolute atomic E-state index is 12.1. The SMILES string of the molecule is CNc1c(NC2OC(CCCOCC3CCC(n4cnc5c(N)ncnc54)O3)C(OC)C2O)nc(N)[nH]c1=O. The molecule has 2 aliphatic rings. The second kappa shape index (κ2) is 11.7.